The van der Waals surface area contributed by atoms with Crippen molar-refractivity contribution in [3.05, 3.63) is 42.5 Å². The van der Waals surface area contributed by atoms with E-state index in [0.717, 1.165) is 17.7 Å². The number of rotatable bonds is 7. The highest BCUT2D eigenvalue weighted by Gasteiger charge is 2.12. The molecule has 0 saturated heterocycles. The molecule has 0 fully saturated rings. The maximum Gasteiger partial charge on any atom is 0.315 e. The van der Waals surface area contributed by atoms with Gasteiger partial charge in [-0.15, -0.1) is 0 Å². The van der Waals surface area contributed by atoms with Crippen LogP contribution < -0.4 is 10.6 Å². The second-order valence-corrected chi connectivity index (χ2v) is 5.84. The Morgan fingerprint density at radius 2 is 2.04 bits per heavy atom. The van der Waals surface area contributed by atoms with E-state index in [1.807, 2.05) is 24.3 Å². The van der Waals surface area contributed by atoms with Gasteiger partial charge in [-0.25, -0.2) is 14.5 Å². The molecule has 23 heavy (non-hydrogen) atoms. The Morgan fingerprint density at radius 1 is 1.30 bits per heavy atom. The number of aliphatic hydroxyl groups excluding tert-OH is 1. The monoisotopic (exact) mass is 317 g/mol. The minimum Gasteiger partial charge on any atom is -0.394 e. The van der Waals surface area contributed by atoms with Crippen molar-refractivity contribution in [3.63, 3.8) is 0 Å². The molecule has 7 nitrogen and oxygen atoms in total. The van der Waals surface area contributed by atoms with Gasteiger partial charge in [0.1, 0.15) is 12.7 Å². The molecule has 0 bridgehead atoms. The molecule has 0 saturated carbocycles. The number of benzene rings is 1. The number of nitrogens with one attached hydrogen (secondary N) is 2. The molecule has 2 rings (SSSR count). The Kier molecular flexibility index (Phi) is 6.10. The van der Waals surface area contributed by atoms with Gasteiger partial charge in [-0.2, -0.15) is 5.10 Å². The molecule has 1 aromatic heterocycles. The topological polar surface area (TPSA) is 92.1 Å². The zero-order valence-corrected chi connectivity index (χ0v) is 13.4. The van der Waals surface area contributed by atoms with Crippen molar-refractivity contribution in [1.82, 2.24) is 25.4 Å². The maximum absolute atomic E-state index is 11.9. The Labute approximate surface area is 135 Å². The number of hydrogen-bond donors (Lipinski definition) is 3. The first-order valence-electron chi connectivity index (χ1n) is 7.67. The molecule has 0 spiro atoms. The lowest BCUT2D eigenvalue weighted by Crippen LogP contribution is -2.44. The van der Waals surface area contributed by atoms with Crippen molar-refractivity contribution in [2.75, 3.05) is 6.61 Å². The number of aromatic nitrogens is 3. The van der Waals surface area contributed by atoms with Crippen LogP contribution in [0.4, 0.5) is 4.79 Å². The predicted molar refractivity (Wildman–Crippen MR) is 87.1 cm³/mol. The highest BCUT2D eigenvalue weighted by Crippen LogP contribution is 2.08. The third kappa shape index (κ3) is 5.37. The van der Waals surface area contributed by atoms with Gasteiger partial charge in [0.05, 0.1) is 18.3 Å². The highest BCUT2D eigenvalue weighted by atomic mass is 16.3. The van der Waals surface area contributed by atoms with Crippen molar-refractivity contribution < 1.29 is 9.90 Å². The van der Waals surface area contributed by atoms with Crippen LogP contribution in [-0.2, 0) is 6.54 Å². The van der Waals surface area contributed by atoms with Crippen LogP contribution in [0.25, 0.3) is 5.69 Å². The zero-order chi connectivity index (χ0) is 16.7. The number of aliphatic hydroxyl groups is 1. The quantitative estimate of drug-likeness (QED) is 0.721. The molecule has 7 heteroatoms. The Hall–Kier alpha value is -2.41. The summed E-state index contributed by atoms with van der Waals surface area (Å²) in [6, 6.07) is 7.19. The molecule has 0 aliphatic carbocycles. The second-order valence-electron chi connectivity index (χ2n) is 5.84. The Bertz CT molecular complexity index is 595. The average molecular weight is 317 g/mol. The fourth-order valence-electron chi connectivity index (χ4n) is 2.27. The molecule has 0 aliphatic heterocycles. The SMILES string of the molecule is CC(C)CC(CO)NC(=O)NCc1ccc(-n2cncn2)cc1. The van der Waals surface area contributed by atoms with Crippen molar-refractivity contribution in [2.45, 2.75) is 32.9 Å². The van der Waals surface area contributed by atoms with E-state index < -0.39 is 0 Å². The molecular formula is C16H23N5O2. The van der Waals surface area contributed by atoms with Gasteiger partial charge >= 0.3 is 6.03 Å². The number of carbonyl (C=O) groups is 1. The van der Waals surface area contributed by atoms with Crippen molar-refractivity contribution in [3.8, 4) is 5.69 Å². The second kappa shape index (κ2) is 8.28. The fraction of sp³-hybridized carbons (Fsp3) is 0.438. The van der Waals surface area contributed by atoms with E-state index in [9.17, 15) is 9.90 Å². The van der Waals surface area contributed by atoms with Crippen LogP contribution in [0, 0.1) is 5.92 Å². The van der Waals surface area contributed by atoms with Crippen LogP contribution in [0.5, 0.6) is 0 Å². The Balaban J connectivity index is 1.82. The van der Waals surface area contributed by atoms with Crippen LogP contribution in [0.15, 0.2) is 36.9 Å². The summed E-state index contributed by atoms with van der Waals surface area (Å²) in [6.45, 7) is 4.47. The minimum absolute atomic E-state index is 0.0573. The smallest absolute Gasteiger partial charge is 0.315 e. The first kappa shape index (κ1) is 17.0. The summed E-state index contributed by atoms with van der Waals surface area (Å²) in [7, 11) is 0. The molecule has 1 aromatic carbocycles. The lowest BCUT2D eigenvalue weighted by atomic mass is 10.0. The first-order valence-corrected chi connectivity index (χ1v) is 7.67. The van der Waals surface area contributed by atoms with E-state index in [1.165, 1.54) is 6.33 Å². The van der Waals surface area contributed by atoms with Gasteiger partial charge in [-0.3, -0.25) is 0 Å². The van der Waals surface area contributed by atoms with Gasteiger partial charge < -0.3 is 15.7 Å². The summed E-state index contributed by atoms with van der Waals surface area (Å²) in [4.78, 5) is 15.8. The number of carbonyl (C=O) groups excluding carboxylic acids is 1. The van der Waals surface area contributed by atoms with Crippen LogP contribution >= 0.6 is 0 Å². The minimum atomic E-state index is -0.273. The van der Waals surface area contributed by atoms with Gasteiger partial charge in [0, 0.05) is 6.54 Å². The maximum atomic E-state index is 11.9. The van der Waals surface area contributed by atoms with E-state index in [0.29, 0.717) is 12.5 Å². The summed E-state index contributed by atoms with van der Waals surface area (Å²) in [5, 5.41) is 18.9. The summed E-state index contributed by atoms with van der Waals surface area (Å²) in [5.41, 5.74) is 1.89. The standard InChI is InChI=1S/C16H23N5O2/c1-12(2)7-14(9-22)20-16(23)18-8-13-3-5-15(6-4-13)21-11-17-10-19-21/h3-6,10-12,14,22H,7-9H2,1-2H3,(H2,18,20,23). The third-order valence-electron chi connectivity index (χ3n) is 3.38. The predicted octanol–water partition coefficient (Wildman–Crippen LogP) is 1.47. The molecule has 3 N–H and O–H groups in total. The summed E-state index contributed by atoms with van der Waals surface area (Å²) < 4.78 is 1.67. The van der Waals surface area contributed by atoms with Crippen LogP contribution in [0.3, 0.4) is 0 Å². The van der Waals surface area contributed by atoms with Gasteiger partial charge in [0.2, 0.25) is 0 Å². The Morgan fingerprint density at radius 3 is 2.61 bits per heavy atom. The lowest BCUT2D eigenvalue weighted by molar-refractivity contribution is 0.206. The number of hydrogen-bond acceptors (Lipinski definition) is 4. The molecule has 0 radical (unpaired) electrons. The largest absolute Gasteiger partial charge is 0.394 e. The molecule has 124 valence electrons. The van der Waals surface area contributed by atoms with Gasteiger partial charge in [0.25, 0.3) is 0 Å². The van der Waals surface area contributed by atoms with E-state index in [4.69, 9.17) is 0 Å². The molecular weight excluding hydrogens is 294 g/mol. The highest BCUT2D eigenvalue weighted by molar-refractivity contribution is 5.74. The van der Waals surface area contributed by atoms with E-state index in [1.54, 1.807) is 11.0 Å². The molecule has 2 amide bonds. The fourth-order valence-corrected chi connectivity index (χ4v) is 2.27. The molecule has 0 aliphatic rings. The third-order valence-corrected chi connectivity index (χ3v) is 3.38. The molecule has 1 atom stereocenters. The van der Waals surface area contributed by atoms with E-state index in [-0.39, 0.29) is 18.7 Å². The van der Waals surface area contributed by atoms with Gasteiger partial charge in [-0.05, 0) is 30.0 Å². The average Bonchev–Trinajstić information content (AvgIpc) is 3.06. The normalized spacial score (nSPS) is 12.2. The van der Waals surface area contributed by atoms with Crippen LogP contribution in [0.2, 0.25) is 0 Å². The number of nitrogens with zero attached hydrogens (tertiary/aromatic N) is 3. The molecule has 1 unspecified atom stereocenters. The van der Waals surface area contributed by atoms with Gasteiger partial charge in [0.15, 0.2) is 0 Å². The van der Waals surface area contributed by atoms with Crippen LogP contribution in [0.1, 0.15) is 25.8 Å². The number of amides is 2. The molecule has 1 heterocycles. The number of urea groups is 1. The van der Waals surface area contributed by atoms with Crippen molar-refractivity contribution >= 4 is 6.03 Å². The van der Waals surface area contributed by atoms with E-state index in [2.05, 4.69) is 34.6 Å². The summed E-state index contributed by atoms with van der Waals surface area (Å²) in [5.74, 6) is 0.414. The lowest BCUT2D eigenvalue weighted by Gasteiger charge is -2.18. The summed E-state index contributed by atoms with van der Waals surface area (Å²) >= 11 is 0. The first-order chi connectivity index (χ1) is 11.1. The van der Waals surface area contributed by atoms with Crippen molar-refractivity contribution in [1.29, 1.82) is 0 Å². The van der Waals surface area contributed by atoms with Crippen molar-refractivity contribution in [2.24, 2.45) is 5.92 Å². The zero-order valence-electron chi connectivity index (χ0n) is 13.4. The van der Waals surface area contributed by atoms with Gasteiger partial charge in [-0.1, -0.05) is 26.0 Å². The van der Waals surface area contributed by atoms with E-state index >= 15 is 0 Å². The van der Waals surface area contributed by atoms with Crippen LogP contribution in [-0.4, -0.2) is 38.6 Å². The molecule has 2 aromatic rings. The summed E-state index contributed by atoms with van der Waals surface area (Å²) in [6.07, 6.45) is 3.86.